The van der Waals surface area contributed by atoms with Crippen LogP contribution in [0.3, 0.4) is 0 Å². The summed E-state index contributed by atoms with van der Waals surface area (Å²) in [5, 5.41) is 7.03. The molecule has 0 spiro atoms. The fourth-order valence-electron chi connectivity index (χ4n) is 3.15. The molecule has 0 aromatic carbocycles. The first-order valence-electron chi connectivity index (χ1n) is 9.25. The summed E-state index contributed by atoms with van der Waals surface area (Å²) in [7, 11) is -2.66. The highest BCUT2D eigenvalue weighted by Crippen LogP contribution is 2.21. The van der Waals surface area contributed by atoms with Gasteiger partial charge in [0.25, 0.3) is 5.91 Å². The van der Waals surface area contributed by atoms with Crippen LogP contribution in [0.15, 0.2) is 22.4 Å². The second kappa shape index (κ2) is 8.41. The highest BCUT2D eigenvalue weighted by atomic mass is 32.2. The van der Waals surface area contributed by atoms with Gasteiger partial charge in [-0.3, -0.25) is 14.4 Å². The molecule has 1 aromatic heterocycles. The summed E-state index contributed by atoms with van der Waals surface area (Å²) in [6, 6.07) is 0. The molecule has 2 aliphatic rings. The molecular weight excluding hydrogens is 384 g/mol. The number of ether oxygens (including phenoxy) is 1. The molecule has 11 heteroatoms. The molecule has 0 saturated carbocycles. The van der Waals surface area contributed by atoms with Crippen LogP contribution >= 0.6 is 0 Å². The third kappa shape index (κ3) is 4.26. The summed E-state index contributed by atoms with van der Waals surface area (Å²) in [6.07, 6.45) is 3.07. The zero-order valence-electron chi connectivity index (χ0n) is 16.4. The summed E-state index contributed by atoms with van der Waals surface area (Å²) in [4.78, 5) is 14.8. The van der Waals surface area contributed by atoms with Gasteiger partial charge in [0.15, 0.2) is 0 Å². The topological polar surface area (TPSA) is 109 Å². The van der Waals surface area contributed by atoms with E-state index in [4.69, 9.17) is 4.74 Å². The largest absolute Gasteiger partial charge is 0.379 e. The average Bonchev–Trinajstić information content (AvgIpc) is 3.05. The van der Waals surface area contributed by atoms with Gasteiger partial charge in [-0.25, -0.2) is 4.31 Å². The number of carbonyl (C=O) groups excluding carboxylic acids is 1. The molecule has 0 atom stereocenters. The number of rotatable bonds is 6. The lowest BCUT2D eigenvalue weighted by atomic mass is 10.1. The minimum Gasteiger partial charge on any atom is -0.379 e. The maximum atomic E-state index is 12.7. The molecule has 2 aliphatic heterocycles. The van der Waals surface area contributed by atoms with E-state index in [2.05, 4.69) is 19.7 Å². The first kappa shape index (κ1) is 20.5. The minimum absolute atomic E-state index is 0.0376. The monoisotopic (exact) mass is 410 g/mol. The lowest BCUT2D eigenvalue weighted by Gasteiger charge is -2.27. The Morgan fingerprint density at radius 1 is 1.32 bits per heavy atom. The van der Waals surface area contributed by atoms with Gasteiger partial charge < -0.3 is 10.1 Å². The van der Waals surface area contributed by atoms with Crippen LogP contribution in [0.2, 0.25) is 0 Å². The normalized spacial score (nSPS) is 19.9. The molecule has 1 fully saturated rings. The van der Waals surface area contributed by atoms with Crippen molar-refractivity contribution in [1.82, 2.24) is 24.3 Å². The number of aromatic nitrogens is 2. The maximum absolute atomic E-state index is 12.7. The number of morpholine rings is 1. The van der Waals surface area contributed by atoms with E-state index in [9.17, 15) is 13.2 Å². The van der Waals surface area contributed by atoms with E-state index in [1.165, 1.54) is 13.1 Å². The Morgan fingerprint density at radius 2 is 2.04 bits per heavy atom. The number of hydrogen-bond acceptors (Lipinski definition) is 6. The van der Waals surface area contributed by atoms with Crippen LogP contribution < -0.4 is 5.32 Å². The predicted octanol–water partition coefficient (Wildman–Crippen LogP) is -0.477. The molecule has 28 heavy (non-hydrogen) atoms. The number of amides is 1. The smallest absolute Gasteiger partial charge is 0.345 e. The number of allylic oxidation sites excluding steroid dienone is 1. The fraction of sp³-hybridized carbons (Fsp3) is 0.588. The van der Waals surface area contributed by atoms with Crippen LogP contribution in [0, 0.1) is 6.92 Å². The standard InChI is InChI=1S/C17H26N6O4S/c1-4-23-13(2)14(12-19-23)15-11-16(21(3)28(25,26)20-15)17(24)18-5-6-22-7-9-27-10-8-22/h11-12H,4-10H2,1-3H3,(H,18,24). The molecule has 1 saturated heterocycles. The second-order valence-electron chi connectivity index (χ2n) is 6.62. The Hall–Kier alpha value is -2.24. The highest BCUT2D eigenvalue weighted by molar-refractivity contribution is 7.88. The molecule has 3 rings (SSSR count). The molecule has 0 unspecified atom stereocenters. The van der Waals surface area contributed by atoms with Crippen LogP contribution in [-0.4, -0.2) is 85.5 Å². The summed E-state index contributed by atoms with van der Waals surface area (Å²) < 4.78 is 36.7. The Morgan fingerprint density at radius 3 is 2.68 bits per heavy atom. The Bertz CT molecular complexity index is 899. The first-order chi connectivity index (χ1) is 13.3. The van der Waals surface area contributed by atoms with Gasteiger partial charge in [-0.05, 0) is 19.9 Å². The van der Waals surface area contributed by atoms with E-state index in [-0.39, 0.29) is 11.4 Å². The number of nitrogens with one attached hydrogen (secondary N) is 1. The highest BCUT2D eigenvalue weighted by Gasteiger charge is 2.30. The van der Waals surface area contributed by atoms with Crippen molar-refractivity contribution in [2.24, 2.45) is 4.40 Å². The Labute approximate surface area is 165 Å². The predicted molar refractivity (Wildman–Crippen MR) is 104 cm³/mol. The summed E-state index contributed by atoms with van der Waals surface area (Å²) >= 11 is 0. The fourth-order valence-corrected chi connectivity index (χ4v) is 4.06. The molecule has 3 heterocycles. The van der Waals surface area contributed by atoms with Crippen molar-refractivity contribution >= 4 is 21.8 Å². The van der Waals surface area contributed by atoms with Gasteiger partial charge in [-0.1, -0.05) is 0 Å². The van der Waals surface area contributed by atoms with Crippen molar-refractivity contribution in [1.29, 1.82) is 0 Å². The van der Waals surface area contributed by atoms with Gasteiger partial charge >= 0.3 is 10.2 Å². The lowest BCUT2D eigenvalue weighted by molar-refractivity contribution is -0.118. The van der Waals surface area contributed by atoms with E-state index >= 15 is 0 Å². The van der Waals surface area contributed by atoms with Gasteiger partial charge in [-0.2, -0.15) is 13.5 Å². The minimum atomic E-state index is -3.98. The number of carbonyl (C=O) groups is 1. The molecule has 1 N–H and O–H groups in total. The van der Waals surface area contributed by atoms with Gasteiger partial charge in [0.2, 0.25) is 0 Å². The second-order valence-corrected chi connectivity index (χ2v) is 8.25. The van der Waals surface area contributed by atoms with Crippen molar-refractivity contribution in [3.8, 4) is 0 Å². The number of aryl methyl sites for hydroxylation is 1. The van der Waals surface area contributed by atoms with Crippen LogP contribution in [-0.2, 0) is 26.3 Å². The van der Waals surface area contributed by atoms with Crippen LogP contribution in [0.25, 0.3) is 0 Å². The van der Waals surface area contributed by atoms with E-state index in [1.54, 1.807) is 10.9 Å². The lowest BCUT2D eigenvalue weighted by Crippen LogP contribution is -2.43. The van der Waals surface area contributed by atoms with Gasteiger partial charge in [0.05, 0.1) is 25.1 Å². The molecular formula is C17H26N6O4S. The molecule has 0 bridgehead atoms. The summed E-state index contributed by atoms with van der Waals surface area (Å²) in [6.45, 7) is 8.56. The zero-order chi connectivity index (χ0) is 20.3. The molecule has 0 aliphatic carbocycles. The SMILES string of the molecule is CCn1ncc(C2=NS(=O)(=O)N(C)C(C(=O)NCCN3CCOCC3)=C2)c1C. The van der Waals surface area contributed by atoms with E-state index in [1.807, 2.05) is 13.8 Å². The quantitative estimate of drug-likeness (QED) is 0.679. The van der Waals surface area contributed by atoms with Crippen molar-refractivity contribution in [3.05, 3.63) is 29.2 Å². The van der Waals surface area contributed by atoms with E-state index in [0.717, 1.165) is 23.1 Å². The summed E-state index contributed by atoms with van der Waals surface area (Å²) in [5.74, 6) is -0.452. The van der Waals surface area contributed by atoms with Gasteiger partial charge in [-0.15, -0.1) is 4.40 Å². The Balaban J connectivity index is 1.76. The molecule has 1 aromatic rings. The maximum Gasteiger partial charge on any atom is 0.345 e. The number of likely N-dealkylation sites (N-methyl/N-ethyl adjacent to an activating group) is 1. The van der Waals surface area contributed by atoms with Crippen molar-refractivity contribution in [2.45, 2.75) is 20.4 Å². The molecule has 10 nitrogen and oxygen atoms in total. The van der Waals surface area contributed by atoms with Crippen molar-refractivity contribution in [3.63, 3.8) is 0 Å². The first-order valence-corrected chi connectivity index (χ1v) is 10.6. The number of hydrogen-bond donors (Lipinski definition) is 1. The average molecular weight is 411 g/mol. The molecule has 154 valence electrons. The van der Waals surface area contributed by atoms with E-state index in [0.29, 0.717) is 38.4 Å². The van der Waals surface area contributed by atoms with E-state index < -0.39 is 16.1 Å². The molecule has 0 radical (unpaired) electrons. The van der Waals surface area contributed by atoms with Crippen molar-refractivity contribution < 1.29 is 17.9 Å². The van der Waals surface area contributed by atoms with Crippen LogP contribution in [0.1, 0.15) is 18.2 Å². The van der Waals surface area contributed by atoms with Gasteiger partial charge in [0, 0.05) is 51.0 Å². The number of nitrogens with zero attached hydrogens (tertiary/aromatic N) is 5. The zero-order valence-corrected chi connectivity index (χ0v) is 17.2. The van der Waals surface area contributed by atoms with Crippen LogP contribution in [0.4, 0.5) is 0 Å². The Kier molecular flexibility index (Phi) is 6.16. The van der Waals surface area contributed by atoms with Crippen molar-refractivity contribution in [2.75, 3.05) is 46.4 Å². The molecule has 1 amide bonds. The third-order valence-electron chi connectivity index (χ3n) is 4.90. The van der Waals surface area contributed by atoms with Gasteiger partial charge in [0.1, 0.15) is 5.70 Å². The third-order valence-corrected chi connectivity index (χ3v) is 6.22. The summed E-state index contributed by atoms with van der Waals surface area (Å²) in [5.41, 5.74) is 1.64. The van der Waals surface area contributed by atoms with Crippen LogP contribution in [0.5, 0.6) is 0 Å².